The molecule has 3 aromatic rings. The fourth-order valence-electron chi connectivity index (χ4n) is 8.31. The SMILES string of the molecule is CCCCCCCCCCCCCCCC(=O)O[C@@H]1[C@H](OC(=O)CCCCCCCCCCCCCCC)[C@@H](n2cc(-c3cc4ccccc4o3)c(=O)[nH]c2=O)O[C@H]1CO. The van der Waals surface area contributed by atoms with Crippen LogP contribution < -0.4 is 11.2 Å². The number of carbonyl (C=O) groups is 2. The van der Waals surface area contributed by atoms with Gasteiger partial charge in [0.15, 0.2) is 18.4 Å². The van der Waals surface area contributed by atoms with Gasteiger partial charge < -0.3 is 23.7 Å². The molecule has 2 aromatic heterocycles. The summed E-state index contributed by atoms with van der Waals surface area (Å²) >= 11 is 0. The molecule has 0 radical (unpaired) electrons. The van der Waals surface area contributed by atoms with Crippen LogP contribution in [0.3, 0.4) is 0 Å². The molecule has 0 aliphatic carbocycles. The van der Waals surface area contributed by atoms with E-state index >= 15 is 0 Å². The molecule has 0 saturated carbocycles. The number of nitrogens with one attached hydrogen (secondary N) is 1. The van der Waals surface area contributed by atoms with Gasteiger partial charge in [-0.1, -0.05) is 186 Å². The summed E-state index contributed by atoms with van der Waals surface area (Å²) in [6.07, 6.45) is 27.6. The third kappa shape index (κ3) is 17.0. The minimum absolute atomic E-state index is 0.0647. The summed E-state index contributed by atoms with van der Waals surface area (Å²) in [7, 11) is 0. The Kier molecular flexibility index (Phi) is 23.5. The summed E-state index contributed by atoms with van der Waals surface area (Å²) in [6, 6.07) is 9.00. The van der Waals surface area contributed by atoms with Crippen molar-refractivity contribution in [2.24, 2.45) is 0 Å². The lowest BCUT2D eigenvalue weighted by atomic mass is 10.0. The first-order valence-electron chi connectivity index (χ1n) is 23.9. The molecule has 11 heteroatoms. The fraction of sp³-hybridized carbons (Fsp3) is 0.714. The lowest BCUT2D eigenvalue weighted by Gasteiger charge is -2.25. The third-order valence-corrected chi connectivity index (χ3v) is 11.9. The zero-order chi connectivity index (χ0) is 42.8. The number of furan rings is 1. The first-order chi connectivity index (χ1) is 29.4. The second kappa shape index (κ2) is 28.8. The molecule has 3 heterocycles. The number of H-pyrrole nitrogens is 1. The van der Waals surface area contributed by atoms with Gasteiger partial charge in [0.25, 0.3) is 5.56 Å². The number of hydrogen-bond acceptors (Lipinski definition) is 9. The topological polar surface area (TPSA) is 150 Å². The van der Waals surface area contributed by atoms with Gasteiger partial charge in [-0.05, 0) is 25.0 Å². The Morgan fingerprint density at radius 3 is 1.57 bits per heavy atom. The predicted octanol–water partition coefficient (Wildman–Crippen LogP) is 11.6. The van der Waals surface area contributed by atoms with Gasteiger partial charge in [-0.25, -0.2) is 4.79 Å². The van der Waals surface area contributed by atoms with Crippen LogP contribution in [0, 0.1) is 0 Å². The number of ether oxygens (including phenoxy) is 3. The molecule has 1 aromatic carbocycles. The van der Waals surface area contributed by atoms with E-state index in [-0.39, 0.29) is 24.2 Å². The number of rotatable bonds is 33. The molecular formula is C49H76N2O9. The van der Waals surface area contributed by atoms with E-state index in [4.69, 9.17) is 18.6 Å². The molecule has 1 aliphatic heterocycles. The summed E-state index contributed by atoms with van der Waals surface area (Å²) in [6.45, 7) is 3.94. The van der Waals surface area contributed by atoms with E-state index in [1.807, 2.05) is 18.2 Å². The number of unbranched alkanes of at least 4 members (excludes halogenated alkanes) is 24. The Labute approximate surface area is 358 Å². The van der Waals surface area contributed by atoms with Gasteiger partial charge in [0.2, 0.25) is 0 Å². The fourth-order valence-corrected chi connectivity index (χ4v) is 8.31. The number of aromatic amines is 1. The molecular weight excluding hydrogens is 761 g/mol. The van der Waals surface area contributed by atoms with Crippen LogP contribution >= 0.6 is 0 Å². The quantitative estimate of drug-likeness (QED) is 0.0451. The van der Waals surface area contributed by atoms with Crippen molar-refractivity contribution in [3.05, 3.63) is 57.4 Å². The van der Waals surface area contributed by atoms with Crippen LogP contribution in [0.4, 0.5) is 0 Å². The maximum atomic E-state index is 13.4. The minimum Gasteiger partial charge on any atom is -0.456 e. The molecule has 0 unspecified atom stereocenters. The number of benzene rings is 1. The zero-order valence-corrected chi connectivity index (χ0v) is 36.9. The first-order valence-corrected chi connectivity index (χ1v) is 23.9. The van der Waals surface area contributed by atoms with Crippen LogP contribution in [0.1, 0.15) is 200 Å². The van der Waals surface area contributed by atoms with Crippen molar-refractivity contribution in [3.63, 3.8) is 0 Å². The van der Waals surface area contributed by atoms with Gasteiger partial charge in [0.1, 0.15) is 17.4 Å². The molecule has 11 nitrogen and oxygen atoms in total. The molecule has 1 aliphatic rings. The summed E-state index contributed by atoms with van der Waals surface area (Å²) in [5.74, 6) is -0.762. The highest BCUT2D eigenvalue weighted by Gasteiger charge is 2.50. The van der Waals surface area contributed by atoms with Crippen molar-refractivity contribution in [3.8, 4) is 11.3 Å². The van der Waals surface area contributed by atoms with Crippen LogP contribution in [0.15, 0.2) is 50.5 Å². The lowest BCUT2D eigenvalue weighted by molar-refractivity contribution is -0.169. The Morgan fingerprint density at radius 2 is 1.10 bits per heavy atom. The second-order valence-corrected chi connectivity index (χ2v) is 17.0. The number of aliphatic hydroxyl groups is 1. The number of aliphatic hydroxyl groups excluding tert-OH is 1. The molecule has 0 spiro atoms. The van der Waals surface area contributed by atoms with Crippen molar-refractivity contribution in [1.82, 2.24) is 9.55 Å². The smallest absolute Gasteiger partial charge is 0.330 e. The van der Waals surface area contributed by atoms with E-state index in [1.165, 1.54) is 122 Å². The average Bonchev–Trinajstić information content (AvgIpc) is 3.82. The van der Waals surface area contributed by atoms with Gasteiger partial charge in [-0.15, -0.1) is 0 Å². The van der Waals surface area contributed by atoms with E-state index in [2.05, 4.69) is 18.8 Å². The molecule has 60 heavy (non-hydrogen) atoms. The molecule has 2 N–H and O–H groups in total. The maximum absolute atomic E-state index is 13.4. The van der Waals surface area contributed by atoms with Crippen molar-refractivity contribution >= 4 is 22.9 Å². The van der Waals surface area contributed by atoms with Crippen LogP contribution in [-0.4, -0.2) is 51.5 Å². The van der Waals surface area contributed by atoms with Gasteiger partial charge in [-0.2, -0.15) is 0 Å². The van der Waals surface area contributed by atoms with Gasteiger partial charge in [0.05, 0.1) is 12.2 Å². The number of hydrogen-bond donors (Lipinski definition) is 2. The van der Waals surface area contributed by atoms with Crippen molar-refractivity contribution in [2.45, 2.75) is 218 Å². The van der Waals surface area contributed by atoms with Gasteiger partial charge in [0, 0.05) is 24.4 Å². The average molecular weight is 837 g/mol. The van der Waals surface area contributed by atoms with E-state index in [1.54, 1.807) is 12.1 Å². The van der Waals surface area contributed by atoms with E-state index in [0.717, 1.165) is 48.5 Å². The van der Waals surface area contributed by atoms with Crippen LogP contribution in [0.25, 0.3) is 22.3 Å². The van der Waals surface area contributed by atoms with Crippen LogP contribution in [0.2, 0.25) is 0 Å². The van der Waals surface area contributed by atoms with Gasteiger partial charge in [-0.3, -0.25) is 23.9 Å². The Balaban J connectivity index is 1.33. The van der Waals surface area contributed by atoms with Gasteiger partial charge >= 0.3 is 17.6 Å². The monoisotopic (exact) mass is 837 g/mol. The number of nitrogens with zero attached hydrogens (tertiary/aromatic N) is 1. The number of aromatic nitrogens is 2. The van der Waals surface area contributed by atoms with Crippen LogP contribution in [-0.2, 0) is 23.8 Å². The maximum Gasteiger partial charge on any atom is 0.330 e. The Bertz CT molecular complexity index is 1730. The van der Waals surface area contributed by atoms with Crippen molar-refractivity contribution in [2.75, 3.05) is 6.61 Å². The Morgan fingerprint density at radius 1 is 0.650 bits per heavy atom. The van der Waals surface area contributed by atoms with E-state index < -0.39 is 54.3 Å². The third-order valence-electron chi connectivity index (χ3n) is 11.9. The molecule has 4 atom stereocenters. The van der Waals surface area contributed by atoms with Crippen molar-refractivity contribution < 1.29 is 33.3 Å². The summed E-state index contributed by atoms with van der Waals surface area (Å²) in [5.41, 5.74) is -0.839. The number of carbonyl (C=O) groups excluding carboxylic acids is 2. The standard InChI is InChI=1S/C49H76N2O9/c1-3-5-7-9-11-13-15-17-19-21-23-25-27-33-43(53)59-45-42(37-52)58-48(46(45)60-44(54)34-28-26-24-22-20-18-16-14-12-10-8-6-4-2)51-36-39(47(55)50-49(51)56)41-35-38-31-29-30-32-40(38)57-41/h29-32,35-36,42,45-46,48,52H,3-28,33-34,37H2,1-2H3,(H,50,55,56)/t42-,45-,46-,48-/m0/s1. The summed E-state index contributed by atoms with van der Waals surface area (Å²) < 4.78 is 25.1. The van der Waals surface area contributed by atoms with E-state index in [9.17, 15) is 24.3 Å². The predicted molar refractivity (Wildman–Crippen MR) is 238 cm³/mol. The second-order valence-electron chi connectivity index (χ2n) is 17.0. The Hall–Kier alpha value is -3.70. The summed E-state index contributed by atoms with van der Waals surface area (Å²) in [4.78, 5) is 55.4. The minimum atomic E-state index is -1.29. The van der Waals surface area contributed by atoms with Crippen molar-refractivity contribution in [1.29, 1.82) is 0 Å². The molecule has 1 saturated heterocycles. The largest absolute Gasteiger partial charge is 0.456 e. The highest BCUT2D eigenvalue weighted by atomic mass is 16.6. The van der Waals surface area contributed by atoms with E-state index in [0.29, 0.717) is 18.4 Å². The molecule has 0 bridgehead atoms. The normalized spacial score (nSPS) is 17.7. The number of fused-ring (bicyclic) bond motifs is 1. The summed E-state index contributed by atoms with van der Waals surface area (Å²) in [5, 5.41) is 11.2. The molecule has 336 valence electrons. The zero-order valence-electron chi connectivity index (χ0n) is 36.9. The van der Waals surface area contributed by atoms with Crippen LogP contribution in [0.5, 0.6) is 0 Å². The first kappa shape index (κ1) is 49.0. The molecule has 0 amide bonds. The molecule has 4 rings (SSSR count). The molecule has 1 fully saturated rings. The highest BCUT2D eigenvalue weighted by molar-refractivity contribution is 5.82. The lowest BCUT2D eigenvalue weighted by Crippen LogP contribution is -2.42. The number of esters is 2. The highest BCUT2D eigenvalue weighted by Crippen LogP contribution is 2.35. The number of para-hydroxylation sites is 1.